The maximum absolute atomic E-state index is 17.4. The lowest BCUT2D eigenvalue weighted by atomic mass is 9.90. The van der Waals surface area contributed by atoms with Crippen LogP contribution in [0.1, 0.15) is 42.4 Å². The van der Waals surface area contributed by atoms with Gasteiger partial charge in [-0.1, -0.05) is 0 Å². The van der Waals surface area contributed by atoms with Gasteiger partial charge >= 0.3 is 6.01 Å². The Morgan fingerprint density at radius 2 is 1.86 bits per heavy atom. The SMILES string of the molecule is CN1CCC(F)(F)C(COc2nc(N3C4CCC3CN(CCCO)C4)c3c4c(c(-c5c(F)ccc6sc(N)c(C#N)c56)c(F)c3n2)COC4)C1. The number of rotatable bonds is 8. The first-order chi connectivity index (χ1) is 24.1. The fourth-order valence-electron chi connectivity index (χ4n) is 8.35. The van der Waals surface area contributed by atoms with Gasteiger partial charge < -0.3 is 30.1 Å². The summed E-state index contributed by atoms with van der Waals surface area (Å²) in [6.45, 7) is 2.36. The maximum Gasteiger partial charge on any atom is 0.319 e. The number of nitrogen functional groups attached to an aromatic ring is 1. The van der Waals surface area contributed by atoms with Gasteiger partial charge in [-0.15, -0.1) is 11.3 Å². The van der Waals surface area contributed by atoms with Crippen molar-refractivity contribution in [1.82, 2.24) is 19.8 Å². The molecule has 0 spiro atoms. The Morgan fingerprint density at radius 1 is 1.10 bits per heavy atom. The lowest BCUT2D eigenvalue weighted by Crippen LogP contribution is -2.54. The molecule has 8 rings (SSSR count). The summed E-state index contributed by atoms with van der Waals surface area (Å²) in [6.07, 6.45) is 2.09. The Hall–Kier alpha value is -3.81. The number of piperidine rings is 1. The Balaban J connectivity index is 1.32. The quantitative estimate of drug-likeness (QED) is 0.234. The number of alkyl halides is 2. The summed E-state index contributed by atoms with van der Waals surface area (Å²) in [5.41, 5.74) is 6.97. The summed E-state index contributed by atoms with van der Waals surface area (Å²) in [5.74, 6) is -5.21. The zero-order chi connectivity index (χ0) is 34.9. The molecule has 264 valence electrons. The first-order valence-corrected chi connectivity index (χ1v) is 17.8. The number of ether oxygens (including phenoxy) is 2. The third kappa shape index (κ3) is 5.43. The van der Waals surface area contributed by atoms with E-state index in [1.165, 1.54) is 12.1 Å². The molecule has 3 atom stereocenters. The number of halogens is 4. The number of aliphatic hydroxyl groups is 1. The molecule has 3 unspecified atom stereocenters. The van der Waals surface area contributed by atoms with E-state index in [1.54, 1.807) is 7.05 Å². The summed E-state index contributed by atoms with van der Waals surface area (Å²) in [6, 6.07) is 4.62. The van der Waals surface area contributed by atoms with Crippen LogP contribution in [0.5, 0.6) is 6.01 Å². The highest BCUT2D eigenvalue weighted by Crippen LogP contribution is 2.49. The van der Waals surface area contributed by atoms with Crippen LogP contribution in [0, 0.1) is 28.9 Å². The molecule has 0 saturated carbocycles. The summed E-state index contributed by atoms with van der Waals surface area (Å²) < 4.78 is 75.7. The van der Waals surface area contributed by atoms with Crippen LogP contribution < -0.4 is 15.4 Å². The van der Waals surface area contributed by atoms with E-state index in [0.29, 0.717) is 46.5 Å². The van der Waals surface area contributed by atoms with Crippen LogP contribution in [0.2, 0.25) is 0 Å². The van der Waals surface area contributed by atoms with Crippen LogP contribution in [0.15, 0.2) is 12.1 Å². The second-order valence-corrected chi connectivity index (χ2v) is 14.9. The van der Waals surface area contributed by atoms with E-state index >= 15 is 8.78 Å². The fraction of sp³-hybridized carbons (Fsp3) is 0.514. The number of thiophene rings is 1. The number of anilines is 2. The van der Waals surface area contributed by atoms with E-state index in [2.05, 4.69) is 20.9 Å². The predicted octanol–water partition coefficient (Wildman–Crippen LogP) is 5.27. The van der Waals surface area contributed by atoms with Gasteiger partial charge in [-0.05, 0) is 49.6 Å². The minimum Gasteiger partial charge on any atom is -0.463 e. The van der Waals surface area contributed by atoms with Crippen molar-refractivity contribution >= 4 is 43.1 Å². The number of hydrogen-bond acceptors (Lipinski definition) is 11. The molecule has 4 aromatic rings. The highest BCUT2D eigenvalue weighted by Gasteiger charge is 2.45. The molecule has 0 radical (unpaired) electrons. The number of piperazine rings is 1. The smallest absolute Gasteiger partial charge is 0.319 e. The molecule has 0 amide bonds. The second kappa shape index (κ2) is 12.8. The molecule has 3 N–H and O–H groups in total. The third-order valence-electron chi connectivity index (χ3n) is 10.8. The molecule has 50 heavy (non-hydrogen) atoms. The van der Waals surface area contributed by atoms with E-state index in [1.807, 2.05) is 4.90 Å². The van der Waals surface area contributed by atoms with Crippen LogP contribution >= 0.6 is 11.3 Å². The fourth-order valence-corrected chi connectivity index (χ4v) is 9.28. The highest BCUT2D eigenvalue weighted by molar-refractivity contribution is 7.23. The standard InChI is InChI=1S/C35H37F4N7O3S/c1-44-9-7-35(38,39)18(12-44)15-49-34-42-31-28(33(43-34)46-19-3-4-20(46)14-45(13-19)8-2-10-47)23-17-48-16-22(23)27(30(31)37)29-24(36)5-6-25-26(29)21(11-40)32(41)50-25/h5-6,18-20,47H,2-4,7-10,12-17,41H2,1H3. The molecule has 2 aromatic heterocycles. The van der Waals surface area contributed by atoms with Gasteiger partial charge in [-0.25, -0.2) is 17.6 Å². The number of nitriles is 1. The molecule has 4 aliphatic rings. The molecule has 10 nitrogen and oxygen atoms in total. The van der Waals surface area contributed by atoms with Crippen molar-refractivity contribution < 1.29 is 32.1 Å². The van der Waals surface area contributed by atoms with Crippen LogP contribution in [0.3, 0.4) is 0 Å². The predicted molar refractivity (Wildman–Crippen MR) is 181 cm³/mol. The molecule has 6 heterocycles. The number of nitrogens with zero attached hydrogens (tertiary/aromatic N) is 6. The second-order valence-electron chi connectivity index (χ2n) is 13.9. The highest BCUT2D eigenvalue weighted by atomic mass is 32.1. The maximum atomic E-state index is 17.4. The van der Waals surface area contributed by atoms with Crippen molar-refractivity contribution in [2.75, 3.05) is 63.6 Å². The summed E-state index contributed by atoms with van der Waals surface area (Å²) in [4.78, 5) is 15.7. The Labute approximate surface area is 290 Å². The summed E-state index contributed by atoms with van der Waals surface area (Å²) in [5, 5.41) is 20.2. The number of fused-ring (bicyclic) bond motifs is 6. The molecular formula is C35H37F4N7O3S. The number of aliphatic hydroxyl groups excluding tert-OH is 1. The minimum absolute atomic E-state index is 0.00136. The van der Waals surface area contributed by atoms with Gasteiger partial charge in [-0.2, -0.15) is 15.2 Å². The number of hydrogen-bond donors (Lipinski definition) is 2. The number of aromatic nitrogens is 2. The lowest BCUT2D eigenvalue weighted by molar-refractivity contribution is -0.113. The molecule has 3 saturated heterocycles. The van der Waals surface area contributed by atoms with Crippen molar-refractivity contribution in [2.45, 2.75) is 56.9 Å². The van der Waals surface area contributed by atoms with E-state index in [4.69, 9.17) is 20.2 Å². The molecule has 4 aliphatic heterocycles. The summed E-state index contributed by atoms with van der Waals surface area (Å²) >= 11 is 1.12. The minimum atomic E-state index is -2.95. The largest absolute Gasteiger partial charge is 0.463 e. The first kappa shape index (κ1) is 33.3. The van der Waals surface area contributed by atoms with Crippen LogP contribution in [0.4, 0.5) is 28.4 Å². The topological polar surface area (TPSA) is 124 Å². The molecule has 3 fully saturated rings. The van der Waals surface area contributed by atoms with Crippen LogP contribution in [-0.2, 0) is 18.0 Å². The van der Waals surface area contributed by atoms with Gasteiger partial charge in [0.2, 0.25) is 0 Å². The average Bonchev–Trinajstić information content (AvgIpc) is 3.78. The van der Waals surface area contributed by atoms with Crippen molar-refractivity contribution in [3.63, 3.8) is 0 Å². The Morgan fingerprint density at radius 3 is 2.60 bits per heavy atom. The summed E-state index contributed by atoms with van der Waals surface area (Å²) in [7, 11) is 1.78. The number of nitrogens with two attached hydrogens (primary N) is 1. The normalized spacial score (nSPS) is 23.5. The van der Waals surface area contributed by atoms with Crippen molar-refractivity contribution in [2.24, 2.45) is 5.92 Å². The van der Waals surface area contributed by atoms with E-state index in [0.717, 1.165) is 30.7 Å². The molecule has 2 aromatic carbocycles. The van der Waals surface area contributed by atoms with Gasteiger partial charge in [0, 0.05) is 79.0 Å². The lowest BCUT2D eigenvalue weighted by Gasteiger charge is -2.42. The third-order valence-corrected chi connectivity index (χ3v) is 11.7. The van der Waals surface area contributed by atoms with Crippen molar-refractivity contribution in [3.8, 4) is 23.2 Å². The van der Waals surface area contributed by atoms with Crippen molar-refractivity contribution in [3.05, 3.63) is 40.5 Å². The van der Waals surface area contributed by atoms with E-state index in [-0.39, 0.29) is 96.6 Å². The molecule has 0 aliphatic carbocycles. The average molecular weight is 712 g/mol. The zero-order valence-corrected chi connectivity index (χ0v) is 28.3. The molecule has 15 heteroatoms. The van der Waals surface area contributed by atoms with Gasteiger partial charge in [0.1, 0.15) is 34.8 Å². The van der Waals surface area contributed by atoms with E-state index < -0.39 is 23.5 Å². The van der Waals surface area contributed by atoms with Crippen LogP contribution in [0.25, 0.3) is 32.1 Å². The number of likely N-dealkylation sites (tertiary alicyclic amines) is 2. The molecular weight excluding hydrogens is 674 g/mol. The van der Waals surface area contributed by atoms with Gasteiger partial charge in [0.25, 0.3) is 5.92 Å². The van der Waals surface area contributed by atoms with Crippen LogP contribution in [-0.4, -0.2) is 95.9 Å². The monoisotopic (exact) mass is 711 g/mol. The van der Waals surface area contributed by atoms with Gasteiger partial charge in [0.05, 0.1) is 30.1 Å². The van der Waals surface area contributed by atoms with E-state index in [9.17, 15) is 19.1 Å². The zero-order valence-electron chi connectivity index (χ0n) is 27.5. The number of benzene rings is 2. The first-order valence-electron chi connectivity index (χ1n) is 16.9. The van der Waals surface area contributed by atoms with Gasteiger partial charge in [0.15, 0.2) is 5.82 Å². The molecule has 2 bridgehead atoms. The Bertz CT molecular complexity index is 2020. The van der Waals surface area contributed by atoms with Gasteiger partial charge in [-0.3, -0.25) is 4.90 Å². The van der Waals surface area contributed by atoms with Crippen molar-refractivity contribution in [1.29, 1.82) is 5.26 Å². The Kier molecular flexibility index (Phi) is 8.50.